The van der Waals surface area contributed by atoms with E-state index in [4.69, 9.17) is 4.74 Å². The summed E-state index contributed by atoms with van der Waals surface area (Å²) in [5.41, 5.74) is -0.304. The Balaban J connectivity index is 1.88. The van der Waals surface area contributed by atoms with Crippen LogP contribution < -0.4 is 0 Å². The van der Waals surface area contributed by atoms with Gasteiger partial charge in [0.1, 0.15) is 6.17 Å². The first-order chi connectivity index (χ1) is 7.70. The molecule has 0 aromatic rings. The van der Waals surface area contributed by atoms with E-state index in [-0.39, 0.29) is 12.1 Å². The van der Waals surface area contributed by atoms with Crippen molar-refractivity contribution in [2.75, 3.05) is 32.9 Å². The van der Waals surface area contributed by atoms with Crippen molar-refractivity contribution < 1.29 is 14.2 Å². The molecule has 2 aliphatic heterocycles. The van der Waals surface area contributed by atoms with E-state index in [0.717, 1.165) is 13.0 Å². The third-order valence-electron chi connectivity index (χ3n) is 3.72. The minimum atomic E-state index is -0.776. The molecule has 0 radical (unpaired) electrons. The molecule has 3 atom stereocenters. The molecule has 0 bridgehead atoms. The summed E-state index contributed by atoms with van der Waals surface area (Å²) in [5.74, 6) is 0.416. The van der Waals surface area contributed by atoms with Crippen LogP contribution in [0.15, 0.2) is 12.7 Å². The molecular formula is C12H20FNO2. The molecule has 2 fully saturated rings. The largest absolute Gasteiger partial charge is 0.394 e. The van der Waals surface area contributed by atoms with Gasteiger partial charge in [0.2, 0.25) is 0 Å². The first kappa shape index (κ1) is 12.0. The summed E-state index contributed by atoms with van der Waals surface area (Å²) in [6.07, 6.45) is 2.28. The molecule has 3 nitrogen and oxygen atoms in total. The predicted molar refractivity (Wildman–Crippen MR) is 60.0 cm³/mol. The number of aliphatic hydroxyl groups excluding tert-OH is 1. The Morgan fingerprint density at radius 2 is 2.31 bits per heavy atom. The zero-order chi connectivity index (χ0) is 11.6. The molecule has 92 valence electrons. The lowest BCUT2D eigenvalue weighted by molar-refractivity contribution is 0.0982. The number of fused-ring (bicyclic) bond motifs is 1. The average molecular weight is 229 g/mol. The van der Waals surface area contributed by atoms with Gasteiger partial charge in [-0.25, -0.2) is 4.39 Å². The second-order valence-electron chi connectivity index (χ2n) is 4.99. The molecule has 2 aliphatic rings. The van der Waals surface area contributed by atoms with Crippen LogP contribution in [-0.2, 0) is 4.74 Å². The third kappa shape index (κ3) is 2.14. The monoisotopic (exact) mass is 229 g/mol. The van der Waals surface area contributed by atoms with Gasteiger partial charge in [-0.3, -0.25) is 4.90 Å². The average Bonchev–Trinajstić information content (AvgIpc) is 2.71. The molecule has 0 amide bonds. The van der Waals surface area contributed by atoms with Crippen molar-refractivity contribution in [2.24, 2.45) is 5.92 Å². The molecule has 2 saturated heterocycles. The SMILES string of the molecule is C=CCOC[C@@H]1CN2C[C@H](F)C[C@]2(CO)C1. The molecule has 0 unspecified atom stereocenters. The minimum Gasteiger partial charge on any atom is -0.394 e. The fraction of sp³-hybridized carbons (Fsp3) is 0.833. The summed E-state index contributed by atoms with van der Waals surface area (Å²) in [4.78, 5) is 2.10. The number of nitrogens with zero attached hydrogens (tertiary/aromatic N) is 1. The van der Waals surface area contributed by atoms with Crippen LogP contribution in [0.2, 0.25) is 0 Å². The van der Waals surface area contributed by atoms with E-state index >= 15 is 0 Å². The van der Waals surface area contributed by atoms with E-state index in [1.807, 2.05) is 0 Å². The Bertz CT molecular complexity index is 261. The van der Waals surface area contributed by atoms with Crippen LogP contribution in [0.1, 0.15) is 12.8 Å². The highest BCUT2D eigenvalue weighted by Crippen LogP contribution is 2.42. The Morgan fingerprint density at radius 1 is 1.50 bits per heavy atom. The van der Waals surface area contributed by atoms with Crippen LogP contribution in [0.5, 0.6) is 0 Å². The van der Waals surface area contributed by atoms with E-state index in [2.05, 4.69) is 11.5 Å². The second kappa shape index (κ2) is 4.82. The Hall–Kier alpha value is -0.450. The van der Waals surface area contributed by atoms with Gasteiger partial charge < -0.3 is 9.84 Å². The maximum absolute atomic E-state index is 13.3. The Labute approximate surface area is 95.9 Å². The van der Waals surface area contributed by atoms with Crippen LogP contribution in [0.3, 0.4) is 0 Å². The number of hydrogen-bond acceptors (Lipinski definition) is 3. The molecule has 0 aromatic heterocycles. The van der Waals surface area contributed by atoms with Gasteiger partial charge in [-0.05, 0) is 12.3 Å². The quantitative estimate of drug-likeness (QED) is 0.563. The third-order valence-corrected chi connectivity index (χ3v) is 3.72. The summed E-state index contributed by atoms with van der Waals surface area (Å²) < 4.78 is 18.7. The maximum atomic E-state index is 13.3. The highest BCUT2D eigenvalue weighted by Gasteiger charge is 2.51. The van der Waals surface area contributed by atoms with E-state index in [1.165, 1.54) is 0 Å². The first-order valence-electron chi connectivity index (χ1n) is 5.89. The molecule has 16 heavy (non-hydrogen) atoms. The topological polar surface area (TPSA) is 32.7 Å². The van der Waals surface area contributed by atoms with Gasteiger partial charge in [-0.1, -0.05) is 6.08 Å². The summed E-state index contributed by atoms with van der Waals surface area (Å²) in [6.45, 7) is 6.22. The summed E-state index contributed by atoms with van der Waals surface area (Å²) in [5, 5.41) is 9.47. The van der Waals surface area contributed by atoms with E-state index in [0.29, 0.717) is 32.1 Å². The number of aliphatic hydroxyl groups is 1. The lowest BCUT2D eigenvalue weighted by Gasteiger charge is -2.28. The summed E-state index contributed by atoms with van der Waals surface area (Å²) in [6, 6.07) is 0. The number of halogens is 1. The fourth-order valence-corrected chi connectivity index (χ4v) is 3.09. The van der Waals surface area contributed by atoms with Crippen molar-refractivity contribution in [3.8, 4) is 0 Å². The highest BCUT2D eigenvalue weighted by molar-refractivity contribution is 5.05. The number of rotatable bonds is 5. The lowest BCUT2D eigenvalue weighted by Crippen LogP contribution is -2.41. The molecule has 0 saturated carbocycles. The van der Waals surface area contributed by atoms with E-state index in [9.17, 15) is 9.50 Å². The van der Waals surface area contributed by atoms with Gasteiger partial charge in [0.25, 0.3) is 0 Å². The lowest BCUT2D eigenvalue weighted by atomic mass is 9.91. The van der Waals surface area contributed by atoms with Gasteiger partial charge in [0, 0.05) is 25.0 Å². The Kier molecular flexibility index (Phi) is 3.62. The summed E-state index contributed by atoms with van der Waals surface area (Å²) >= 11 is 0. The van der Waals surface area contributed by atoms with Gasteiger partial charge in [-0.2, -0.15) is 0 Å². The van der Waals surface area contributed by atoms with Crippen molar-refractivity contribution in [3.05, 3.63) is 12.7 Å². The van der Waals surface area contributed by atoms with Crippen molar-refractivity contribution in [3.63, 3.8) is 0 Å². The van der Waals surface area contributed by atoms with Crippen LogP contribution in [-0.4, -0.2) is 54.6 Å². The highest BCUT2D eigenvalue weighted by atomic mass is 19.1. The van der Waals surface area contributed by atoms with Crippen LogP contribution in [0.25, 0.3) is 0 Å². The maximum Gasteiger partial charge on any atom is 0.115 e. The zero-order valence-electron chi connectivity index (χ0n) is 9.57. The van der Waals surface area contributed by atoms with Gasteiger partial charge in [0.15, 0.2) is 0 Å². The van der Waals surface area contributed by atoms with Gasteiger partial charge >= 0.3 is 0 Å². The van der Waals surface area contributed by atoms with Crippen LogP contribution in [0, 0.1) is 5.92 Å². The number of ether oxygens (including phenoxy) is 1. The molecule has 2 rings (SSSR count). The van der Waals surface area contributed by atoms with Gasteiger partial charge in [-0.15, -0.1) is 6.58 Å². The number of alkyl halides is 1. The molecule has 0 aromatic carbocycles. The smallest absolute Gasteiger partial charge is 0.115 e. The van der Waals surface area contributed by atoms with Crippen molar-refractivity contribution in [2.45, 2.75) is 24.6 Å². The second-order valence-corrected chi connectivity index (χ2v) is 4.99. The van der Waals surface area contributed by atoms with Crippen molar-refractivity contribution in [1.82, 2.24) is 4.90 Å². The molecule has 1 N–H and O–H groups in total. The van der Waals surface area contributed by atoms with Crippen molar-refractivity contribution >= 4 is 0 Å². The summed E-state index contributed by atoms with van der Waals surface area (Å²) in [7, 11) is 0. The zero-order valence-corrected chi connectivity index (χ0v) is 9.57. The van der Waals surface area contributed by atoms with Gasteiger partial charge in [0.05, 0.1) is 19.8 Å². The Morgan fingerprint density at radius 3 is 2.94 bits per heavy atom. The predicted octanol–water partition coefficient (Wildman–Crippen LogP) is 0.984. The minimum absolute atomic E-state index is 0.0609. The standard InChI is InChI=1S/C12H20FNO2/c1-2-3-16-8-10-4-12(9-15)5-11(13)7-14(12)6-10/h2,10-11,15H,1,3-9H2/t10-,11+,12-/m0/s1. The molecular weight excluding hydrogens is 209 g/mol. The van der Waals surface area contributed by atoms with Crippen molar-refractivity contribution in [1.29, 1.82) is 0 Å². The number of hydrogen-bond donors (Lipinski definition) is 1. The molecule has 0 aliphatic carbocycles. The normalized spacial score (nSPS) is 38.9. The van der Waals surface area contributed by atoms with E-state index in [1.54, 1.807) is 6.08 Å². The first-order valence-corrected chi connectivity index (χ1v) is 5.89. The molecule has 0 spiro atoms. The molecule has 4 heteroatoms. The fourth-order valence-electron chi connectivity index (χ4n) is 3.09. The van der Waals surface area contributed by atoms with Crippen LogP contribution in [0.4, 0.5) is 4.39 Å². The molecule has 2 heterocycles. The van der Waals surface area contributed by atoms with Crippen LogP contribution >= 0.6 is 0 Å². The van der Waals surface area contributed by atoms with E-state index < -0.39 is 6.17 Å².